The predicted octanol–water partition coefficient (Wildman–Crippen LogP) is 7.19. The van der Waals surface area contributed by atoms with Crippen molar-refractivity contribution in [2.45, 2.75) is 38.0 Å². The number of fused-ring (bicyclic) bond motifs is 1. The van der Waals surface area contributed by atoms with Crippen LogP contribution in [-0.4, -0.2) is 29.8 Å². The number of rotatable bonds is 9. The normalized spacial score (nSPS) is 14.9. The van der Waals surface area contributed by atoms with Crippen molar-refractivity contribution >= 4 is 23.4 Å². The van der Waals surface area contributed by atoms with Gasteiger partial charge in [-0.15, -0.1) is 13.2 Å². The Hall–Kier alpha value is -3.72. The molecular formula is C27H22ClF3O6. The number of ketones is 1. The minimum atomic E-state index is -4.78. The average molecular weight is 535 g/mol. The number of carbonyl (C=O) groups is 2. The molecule has 194 valence electrons. The van der Waals surface area contributed by atoms with Crippen molar-refractivity contribution in [2.75, 3.05) is 6.61 Å². The zero-order valence-corrected chi connectivity index (χ0v) is 20.1. The van der Waals surface area contributed by atoms with Crippen molar-refractivity contribution in [3.63, 3.8) is 0 Å². The van der Waals surface area contributed by atoms with Gasteiger partial charge in [0.2, 0.25) is 0 Å². The van der Waals surface area contributed by atoms with Crippen LogP contribution in [0.5, 0.6) is 23.0 Å². The maximum Gasteiger partial charge on any atom is 0.573 e. The lowest BCUT2D eigenvalue weighted by atomic mass is 9.93. The highest BCUT2D eigenvalue weighted by atomic mass is 35.5. The summed E-state index contributed by atoms with van der Waals surface area (Å²) in [6.45, 7) is 0.267. The Morgan fingerprint density at radius 2 is 1.78 bits per heavy atom. The lowest BCUT2D eigenvalue weighted by molar-refractivity contribution is -0.274. The zero-order chi connectivity index (χ0) is 26.6. The first-order chi connectivity index (χ1) is 17.6. The first-order valence-electron chi connectivity index (χ1n) is 11.4. The number of hydrogen-bond acceptors (Lipinski definition) is 5. The molecule has 0 fully saturated rings. The number of Topliss-reactive ketones (excluding diaryl/α,β-unsaturated/α-hetero) is 1. The van der Waals surface area contributed by atoms with Crippen molar-refractivity contribution in [1.29, 1.82) is 0 Å². The fourth-order valence-corrected chi connectivity index (χ4v) is 4.29. The van der Waals surface area contributed by atoms with Crippen LogP contribution in [-0.2, 0) is 11.2 Å². The van der Waals surface area contributed by atoms with Gasteiger partial charge in [-0.2, -0.15) is 0 Å². The molecule has 1 heterocycles. The lowest BCUT2D eigenvalue weighted by Crippen LogP contribution is -2.20. The van der Waals surface area contributed by atoms with Crippen molar-refractivity contribution in [3.8, 4) is 23.0 Å². The molecule has 0 radical (unpaired) electrons. The Morgan fingerprint density at radius 3 is 2.49 bits per heavy atom. The molecule has 37 heavy (non-hydrogen) atoms. The predicted molar refractivity (Wildman–Crippen MR) is 129 cm³/mol. The van der Waals surface area contributed by atoms with Crippen LogP contribution < -0.4 is 14.2 Å². The Labute approximate surface area is 215 Å². The third-order valence-corrected chi connectivity index (χ3v) is 6.15. The molecule has 0 bridgehead atoms. The van der Waals surface area contributed by atoms with E-state index in [0.717, 1.165) is 0 Å². The second-order valence-electron chi connectivity index (χ2n) is 8.41. The van der Waals surface area contributed by atoms with Crippen molar-refractivity contribution in [3.05, 3.63) is 82.4 Å². The summed E-state index contributed by atoms with van der Waals surface area (Å²) in [5.41, 5.74) is 1.29. The number of ether oxygens (including phenoxy) is 3. The molecular weight excluding hydrogens is 513 g/mol. The first-order valence-corrected chi connectivity index (χ1v) is 11.8. The number of carboxylic acid groups (broad SMARTS) is 1. The number of halogens is 4. The van der Waals surface area contributed by atoms with Crippen LogP contribution in [0.1, 0.15) is 46.7 Å². The van der Waals surface area contributed by atoms with E-state index in [1.54, 1.807) is 36.4 Å². The minimum Gasteiger partial charge on any atom is -0.493 e. The van der Waals surface area contributed by atoms with Gasteiger partial charge in [-0.1, -0.05) is 29.8 Å². The highest BCUT2D eigenvalue weighted by Gasteiger charge is 2.32. The maximum atomic E-state index is 12.6. The average Bonchev–Trinajstić information content (AvgIpc) is 2.84. The van der Waals surface area contributed by atoms with E-state index < -0.39 is 18.2 Å². The molecule has 0 spiro atoms. The summed E-state index contributed by atoms with van der Waals surface area (Å²) in [4.78, 5) is 24.1. The molecule has 1 N–H and O–H groups in total. The van der Waals surface area contributed by atoms with Gasteiger partial charge in [-0.05, 0) is 61.2 Å². The standard InChI is InChI=1S/C27H22ClF3O6/c28-21-14-20-19(26(33)34)12-13-35-24(20)15-25(21)36-18-10-8-16(9-11-18)22(32)6-3-5-17-4-1-2-7-23(17)37-27(29,30)31/h1-2,4,7-11,14-15,19H,3,5-6,12-13H2,(H,33,34). The van der Waals surface area contributed by atoms with E-state index in [1.165, 1.54) is 24.3 Å². The second kappa shape index (κ2) is 11.1. The van der Waals surface area contributed by atoms with Gasteiger partial charge < -0.3 is 19.3 Å². The van der Waals surface area contributed by atoms with E-state index >= 15 is 0 Å². The zero-order valence-electron chi connectivity index (χ0n) is 19.4. The molecule has 1 aliphatic rings. The lowest BCUT2D eigenvalue weighted by Gasteiger charge is -2.24. The molecule has 0 aliphatic carbocycles. The summed E-state index contributed by atoms with van der Waals surface area (Å²) < 4.78 is 53.2. The first kappa shape index (κ1) is 26.3. The molecule has 0 saturated heterocycles. The van der Waals surface area contributed by atoms with Gasteiger partial charge in [0.25, 0.3) is 0 Å². The quantitative estimate of drug-likeness (QED) is 0.293. The third-order valence-electron chi connectivity index (χ3n) is 5.85. The van der Waals surface area contributed by atoms with Gasteiger partial charge >= 0.3 is 12.3 Å². The van der Waals surface area contributed by atoms with Gasteiger partial charge in [0, 0.05) is 23.6 Å². The van der Waals surface area contributed by atoms with Crippen molar-refractivity contribution in [2.24, 2.45) is 0 Å². The number of carbonyl (C=O) groups excluding carboxylic acids is 1. The number of aliphatic carboxylic acids is 1. The summed E-state index contributed by atoms with van der Waals surface area (Å²) in [5, 5.41) is 9.64. The van der Waals surface area contributed by atoms with E-state index in [-0.39, 0.29) is 41.8 Å². The number of carboxylic acids is 1. The summed E-state index contributed by atoms with van der Waals surface area (Å²) in [6, 6.07) is 15.3. The van der Waals surface area contributed by atoms with Crippen LogP contribution in [0.3, 0.4) is 0 Å². The van der Waals surface area contributed by atoms with Crippen LogP contribution >= 0.6 is 11.6 Å². The van der Waals surface area contributed by atoms with E-state index in [0.29, 0.717) is 41.0 Å². The molecule has 3 aromatic rings. The van der Waals surface area contributed by atoms with Crippen LogP contribution in [0.25, 0.3) is 0 Å². The van der Waals surface area contributed by atoms with Crippen LogP contribution in [0.15, 0.2) is 60.7 Å². The molecule has 1 unspecified atom stereocenters. The number of alkyl halides is 3. The SMILES string of the molecule is O=C(CCCc1ccccc1OC(F)(F)F)c1ccc(Oc2cc3c(cc2Cl)C(C(=O)O)CCO3)cc1. The van der Waals surface area contributed by atoms with Gasteiger partial charge in [-0.25, -0.2) is 0 Å². The molecule has 1 aliphatic heterocycles. The van der Waals surface area contributed by atoms with E-state index in [4.69, 9.17) is 21.1 Å². The maximum absolute atomic E-state index is 12.6. The Morgan fingerprint density at radius 1 is 1.05 bits per heavy atom. The van der Waals surface area contributed by atoms with Gasteiger partial charge in [0.05, 0.1) is 17.5 Å². The van der Waals surface area contributed by atoms with Crippen LogP contribution in [0.4, 0.5) is 13.2 Å². The number of para-hydroxylation sites is 1. The summed E-state index contributed by atoms with van der Waals surface area (Å²) >= 11 is 6.32. The molecule has 1 atom stereocenters. The number of hydrogen-bond donors (Lipinski definition) is 1. The summed E-state index contributed by atoms with van der Waals surface area (Å²) in [7, 11) is 0. The highest BCUT2D eigenvalue weighted by Crippen LogP contribution is 2.42. The third kappa shape index (κ3) is 6.74. The Balaban J connectivity index is 1.36. The fraction of sp³-hybridized carbons (Fsp3) is 0.259. The molecule has 6 nitrogen and oxygen atoms in total. The number of benzene rings is 3. The second-order valence-corrected chi connectivity index (χ2v) is 8.81. The fourth-order valence-electron chi connectivity index (χ4n) is 4.08. The van der Waals surface area contributed by atoms with Crippen molar-refractivity contribution < 1.29 is 42.1 Å². The molecule has 0 amide bonds. The summed E-state index contributed by atoms with van der Waals surface area (Å²) in [5.74, 6) is -1.01. The molecule has 4 rings (SSSR count). The van der Waals surface area contributed by atoms with Crippen LogP contribution in [0.2, 0.25) is 5.02 Å². The van der Waals surface area contributed by atoms with Gasteiger partial charge in [0.15, 0.2) is 5.78 Å². The molecule has 0 saturated carbocycles. The molecule has 0 aromatic heterocycles. The minimum absolute atomic E-state index is 0.138. The smallest absolute Gasteiger partial charge is 0.493 e. The Kier molecular flexibility index (Phi) is 7.92. The van der Waals surface area contributed by atoms with Gasteiger partial charge in [0.1, 0.15) is 23.0 Å². The van der Waals surface area contributed by atoms with E-state index in [9.17, 15) is 27.9 Å². The number of aryl methyl sites for hydroxylation is 1. The van der Waals surface area contributed by atoms with E-state index in [1.807, 2.05) is 0 Å². The largest absolute Gasteiger partial charge is 0.573 e. The Bertz CT molecular complexity index is 1290. The summed E-state index contributed by atoms with van der Waals surface area (Å²) in [6.07, 6.45) is -3.70. The highest BCUT2D eigenvalue weighted by molar-refractivity contribution is 6.32. The topological polar surface area (TPSA) is 82.1 Å². The van der Waals surface area contributed by atoms with Gasteiger partial charge in [-0.3, -0.25) is 9.59 Å². The molecule has 3 aromatic carbocycles. The van der Waals surface area contributed by atoms with Crippen LogP contribution in [0, 0.1) is 0 Å². The molecule has 10 heteroatoms. The van der Waals surface area contributed by atoms with Crippen molar-refractivity contribution in [1.82, 2.24) is 0 Å². The monoisotopic (exact) mass is 534 g/mol. The van der Waals surface area contributed by atoms with E-state index in [2.05, 4.69) is 4.74 Å².